The molecule has 0 atom stereocenters. The van der Waals surface area contributed by atoms with Gasteiger partial charge in [0.15, 0.2) is 7.14 Å². The fourth-order valence-electron chi connectivity index (χ4n) is 4.01. The van der Waals surface area contributed by atoms with Crippen LogP contribution in [-0.2, 0) is 17.4 Å². The van der Waals surface area contributed by atoms with E-state index in [-0.39, 0.29) is 4.90 Å². The Morgan fingerprint density at radius 2 is 1.35 bits per heavy atom. The van der Waals surface area contributed by atoms with Gasteiger partial charge in [-0.25, -0.2) is 4.79 Å². The van der Waals surface area contributed by atoms with Crippen molar-refractivity contribution in [2.24, 2.45) is 5.92 Å². The number of ether oxygens (including phenoxy) is 1. The van der Waals surface area contributed by atoms with Gasteiger partial charge in [0.25, 0.3) is 0 Å². The first-order chi connectivity index (χ1) is 16.5. The quantitative estimate of drug-likeness (QED) is 0.283. The van der Waals surface area contributed by atoms with E-state index in [1.807, 2.05) is 60.7 Å². The Morgan fingerprint density at radius 3 is 1.91 bits per heavy atom. The summed E-state index contributed by atoms with van der Waals surface area (Å²) < 4.78 is 39.3. The Morgan fingerprint density at radius 1 is 0.794 bits per heavy atom. The van der Waals surface area contributed by atoms with Crippen LogP contribution in [0.1, 0.15) is 48.9 Å². The molecule has 1 radical (unpaired) electrons. The van der Waals surface area contributed by atoms with Gasteiger partial charge in [-0.15, -0.1) is 0 Å². The van der Waals surface area contributed by atoms with E-state index in [2.05, 4.69) is 0 Å². The normalized spacial score (nSPS) is 14.7. The van der Waals surface area contributed by atoms with Gasteiger partial charge in [0.05, 0.1) is 17.1 Å². The molecular weight excluding hydrogens is 563 g/mol. The summed E-state index contributed by atoms with van der Waals surface area (Å²) in [6.45, 7) is 0.398. The van der Waals surface area contributed by atoms with Gasteiger partial charge in [0.2, 0.25) is 0 Å². The van der Waals surface area contributed by atoms with Gasteiger partial charge < -0.3 is 4.74 Å². The molecule has 0 aliphatic heterocycles. The average molecular weight is 592 g/mol. The highest BCUT2D eigenvalue weighted by molar-refractivity contribution is 7.86. The van der Waals surface area contributed by atoms with Crippen LogP contribution in [0.5, 0.6) is 0 Å². The number of esters is 1. The second-order valence-corrected chi connectivity index (χ2v) is 14.8. The molecule has 3 aromatic rings. The Balaban J connectivity index is 1.42. The zero-order valence-electron chi connectivity index (χ0n) is 18.9. The fraction of sp³-hybridized carbons (Fsp3) is 0.296. The first-order valence-electron chi connectivity index (χ1n) is 11.6. The molecule has 4 rings (SSSR count). The van der Waals surface area contributed by atoms with Crippen molar-refractivity contribution in [2.75, 3.05) is 6.61 Å². The van der Waals surface area contributed by atoms with Gasteiger partial charge in [0, 0.05) is 0 Å². The summed E-state index contributed by atoms with van der Waals surface area (Å²) in [7, 11) is -4.01. The minimum atomic E-state index is -4.01. The first-order valence-corrected chi connectivity index (χ1v) is 16.0. The molecule has 7 heteroatoms. The SMILES string of the molecule is O=C(OCCC1CCCCC1)c1ccc(S(=O)(=O)O[I+](c2ccccc2)c2ccccc2)cc1. The highest BCUT2D eigenvalue weighted by atomic mass is 127. The minimum absolute atomic E-state index is 0.0282. The third-order valence-corrected chi connectivity index (χ3v) is 13.2. The van der Waals surface area contributed by atoms with Crippen molar-refractivity contribution < 1.29 is 40.7 Å². The summed E-state index contributed by atoms with van der Waals surface area (Å²) in [6, 6.07) is 24.7. The van der Waals surface area contributed by atoms with E-state index in [1.54, 1.807) is 0 Å². The van der Waals surface area contributed by atoms with Crippen LogP contribution >= 0.6 is 0 Å². The minimum Gasteiger partial charge on any atom is -0.462 e. The van der Waals surface area contributed by atoms with Crippen LogP contribution < -0.4 is 20.2 Å². The highest BCUT2D eigenvalue weighted by Gasteiger charge is 2.37. The fourth-order valence-corrected chi connectivity index (χ4v) is 11.0. The molecule has 0 heterocycles. The maximum atomic E-state index is 13.1. The number of rotatable bonds is 9. The summed E-state index contributed by atoms with van der Waals surface area (Å²) in [6.07, 6.45) is 7.12. The smallest absolute Gasteiger partial charge is 0.338 e. The van der Waals surface area contributed by atoms with Gasteiger partial charge in [-0.3, -0.25) is 0 Å². The van der Waals surface area contributed by atoms with Crippen LogP contribution in [0.25, 0.3) is 0 Å². The van der Waals surface area contributed by atoms with E-state index >= 15 is 0 Å². The maximum Gasteiger partial charge on any atom is 0.338 e. The van der Waals surface area contributed by atoms with Crippen LogP contribution in [0.4, 0.5) is 0 Å². The lowest BCUT2D eigenvalue weighted by atomic mass is 9.87. The van der Waals surface area contributed by atoms with Gasteiger partial charge in [0.1, 0.15) is 0 Å². The molecule has 0 spiro atoms. The molecule has 34 heavy (non-hydrogen) atoms. The monoisotopic (exact) mass is 592 g/mol. The van der Waals surface area contributed by atoms with Crippen LogP contribution in [-0.4, -0.2) is 21.0 Å². The van der Waals surface area contributed by atoms with E-state index in [0.717, 1.165) is 13.6 Å². The molecule has 0 saturated heterocycles. The number of hydrogen-bond acceptors (Lipinski definition) is 5. The molecule has 0 bridgehead atoms. The van der Waals surface area contributed by atoms with Crippen molar-refractivity contribution >= 4 is 16.1 Å². The summed E-state index contributed by atoms with van der Waals surface area (Å²) in [5.41, 5.74) is 0.337. The lowest BCUT2D eigenvalue weighted by molar-refractivity contribution is -1.03. The Labute approximate surface area is 209 Å². The predicted molar refractivity (Wildman–Crippen MR) is 126 cm³/mol. The van der Waals surface area contributed by atoms with E-state index in [0.29, 0.717) is 18.1 Å². The van der Waals surface area contributed by atoms with Gasteiger partial charge in [-0.2, -0.15) is 8.42 Å². The van der Waals surface area contributed by atoms with Crippen molar-refractivity contribution in [3.63, 3.8) is 0 Å². The van der Waals surface area contributed by atoms with Crippen molar-refractivity contribution in [1.82, 2.24) is 0 Å². The zero-order valence-corrected chi connectivity index (χ0v) is 21.9. The van der Waals surface area contributed by atoms with Crippen molar-refractivity contribution in [2.45, 2.75) is 43.4 Å². The van der Waals surface area contributed by atoms with Crippen LogP contribution in [0.2, 0.25) is 0 Å². The predicted octanol–water partition coefficient (Wildman–Crippen LogP) is 2.80. The van der Waals surface area contributed by atoms with E-state index in [9.17, 15) is 13.2 Å². The van der Waals surface area contributed by atoms with Gasteiger partial charge in [-0.1, -0.05) is 68.5 Å². The van der Waals surface area contributed by atoms with Crippen LogP contribution in [0.15, 0.2) is 89.8 Å². The van der Waals surface area contributed by atoms with E-state index < -0.39 is 36.3 Å². The van der Waals surface area contributed by atoms with Crippen LogP contribution in [0.3, 0.4) is 0 Å². The second-order valence-electron chi connectivity index (χ2n) is 8.31. The number of carbonyl (C=O) groups excluding carboxylic acids is 1. The Kier molecular flexibility index (Phi) is 8.74. The average Bonchev–Trinajstić information content (AvgIpc) is 2.89. The largest absolute Gasteiger partial charge is 0.462 e. The molecule has 5 nitrogen and oxygen atoms in total. The number of halogens is 1. The zero-order chi connectivity index (χ0) is 23.8. The molecule has 179 valence electrons. The number of carbonyl (C=O) groups is 1. The summed E-state index contributed by atoms with van der Waals surface area (Å²) in [5, 5.41) is 0. The van der Waals surface area contributed by atoms with Crippen LogP contribution in [0, 0.1) is 13.1 Å². The van der Waals surface area contributed by atoms with Gasteiger partial charge in [-0.05, 0) is 63.4 Å². The van der Waals surface area contributed by atoms with Crippen molar-refractivity contribution in [3.8, 4) is 0 Å². The molecule has 1 saturated carbocycles. The number of hydrogen-bond donors (Lipinski definition) is 0. The molecule has 1 aliphatic carbocycles. The second kappa shape index (κ2) is 12.0. The Bertz CT molecular complexity index is 1120. The third-order valence-electron chi connectivity index (χ3n) is 5.87. The van der Waals surface area contributed by atoms with Crippen molar-refractivity contribution in [1.29, 1.82) is 0 Å². The molecule has 1 aliphatic rings. The molecule has 3 aromatic carbocycles. The topological polar surface area (TPSA) is 69.7 Å². The summed E-state index contributed by atoms with van der Waals surface area (Å²) in [5.74, 6) is 0.209. The summed E-state index contributed by atoms with van der Waals surface area (Å²) in [4.78, 5) is 12.4. The molecule has 0 N–H and O–H groups in total. The first kappa shape index (κ1) is 24.9. The molecule has 1 fully saturated rings. The van der Waals surface area contributed by atoms with E-state index in [1.165, 1.54) is 56.4 Å². The maximum absolute atomic E-state index is 13.1. The highest BCUT2D eigenvalue weighted by Crippen LogP contribution is 2.26. The molecule has 0 amide bonds. The third kappa shape index (κ3) is 6.67. The lowest BCUT2D eigenvalue weighted by Gasteiger charge is -2.21. The Hall–Kier alpha value is -2.23. The lowest BCUT2D eigenvalue weighted by Crippen LogP contribution is -3.85. The standard InChI is InChI=1S/C27H29IO5S/c29-27(32-21-20-22-10-4-1-5-11-22)23-16-18-26(19-17-23)34(30,31)33-28(24-12-6-2-7-13-24)25-14-8-3-9-15-25/h2-3,6-9,12-19,22H,1,4-5,10-11,20-21H2/q+1. The number of benzene rings is 3. The molecular formula is C27H29IO5S+. The molecule has 0 unspecified atom stereocenters. The molecule has 0 aromatic heterocycles. The van der Waals surface area contributed by atoms with Gasteiger partial charge >= 0.3 is 36.3 Å². The summed E-state index contributed by atoms with van der Waals surface area (Å²) >= 11 is -2.71. The van der Waals surface area contributed by atoms with Crippen molar-refractivity contribution in [3.05, 3.63) is 97.6 Å². The van der Waals surface area contributed by atoms with E-state index in [4.69, 9.17) is 7.25 Å².